The van der Waals surface area contributed by atoms with Crippen molar-refractivity contribution >= 4 is 11.8 Å². The molecule has 7 heteroatoms. The van der Waals surface area contributed by atoms with Crippen molar-refractivity contribution in [1.29, 1.82) is 0 Å². The lowest BCUT2D eigenvalue weighted by Crippen LogP contribution is -2.49. The van der Waals surface area contributed by atoms with E-state index in [1.807, 2.05) is 35.2 Å². The van der Waals surface area contributed by atoms with E-state index in [0.717, 1.165) is 51.0 Å². The lowest BCUT2D eigenvalue weighted by Gasteiger charge is -2.32. The maximum atomic E-state index is 13.5. The van der Waals surface area contributed by atoms with Gasteiger partial charge in [-0.05, 0) is 93.4 Å². The van der Waals surface area contributed by atoms with E-state index in [2.05, 4.69) is 59.7 Å². The van der Waals surface area contributed by atoms with Crippen molar-refractivity contribution in [3.8, 4) is 0 Å². The van der Waals surface area contributed by atoms with Crippen LogP contribution in [-0.2, 0) is 13.0 Å². The van der Waals surface area contributed by atoms with Crippen LogP contribution in [0.3, 0.4) is 0 Å². The molecule has 1 saturated heterocycles. The van der Waals surface area contributed by atoms with E-state index >= 15 is 0 Å². The van der Waals surface area contributed by atoms with Gasteiger partial charge in [-0.25, -0.2) is 0 Å². The van der Waals surface area contributed by atoms with E-state index < -0.39 is 12.1 Å². The number of benzene rings is 3. The second kappa shape index (κ2) is 18.4. The van der Waals surface area contributed by atoms with E-state index in [1.165, 1.54) is 18.4 Å². The van der Waals surface area contributed by atoms with Crippen LogP contribution in [0.5, 0.6) is 0 Å². The average Bonchev–Trinajstić information content (AvgIpc) is 3.07. The molecule has 1 aliphatic rings. The molecule has 1 aliphatic heterocycles. The number of likely N-dealkylation sites (tertiary alicyclic amines) is 1. The summed E-state index contributed by atoms with van der Waals surface area (Å²) >= 11 is 0. The SMILES string of the molecule is CCCN(CCC)C(=O)c1cccc(C(=O)N[C@@H](Cc2ccccc2)[C@H](O)CNCCC2CCN(Cc3ccccc3)CC2)c1. The molecule has 2 atom stereocenters. The van der Waals surface area contributed by atoms with Crippen LogP contribution in [0.25, 0.3) is 0 Å². The molecule has 4 rings (SSSR count). The Morgan fingerprint density at radius 2 is 1.49 bits per heavy atom. The standard InChI is InChI=1S/C38H52N4O3/c1-3-22-42(23-4-2)38(45)34-17-11-16-33(27-34)37(44)40-35(26-31-12-7-5-8-13-31)36(43)28-39-21-18-30-19-24-41(25-20-30)29-32-14-9-6-10-15-32/h5-17,27,30,35-36,39,43H,3-4,18-26,28-29H2,1-2H3,(H,40,44)/t35-,36+/m0/s1. The van der Waals surface area contributed by atoms with Crippen molar-refractivity contribution in [3.63, 3.8) is 0 Å². The quantitative estimate of drug-likeness (QED) is 0.174. The summed E-state index contributed by atoms with van der Waals surface area (Å²) in [6, 6.07) is 27.0. The van der Waals surface area contributed by atoms with Gasteiger partial charge in [0.2, 0.25) is 0 Å². The number of amides is 2. The fourth-order valence-electron chi connectivity index (χ4n) is 6.21. The van der Waals surface area contributed by atoms with Crippen LogP contribution in [0.15, 0.2) is 84.9 Å². The van der Waals surface area contributed by atoms with Crippen LogP contribution in [0.4, 0.5) is 0 Å². The summed E-state index contributed by atoms with van der Waals surface area (Å²) in [7, 11) is 0. The van der Waals surface area contributed by atoms with E-state index in [-0.39, 0.29) is 11.8 Å². The summed E-state index contributed by atoms with van der Waals surface area (Å²) in [5, 5.41) is 17.8. The third-order valence-corrected chi connectivity index (χ3v) is 8.76. The first kappa shape index (κ1) is 34.4. The lowest BCUT2D eigenvalue weighted by atomic mass is 9.93. The number of nitrogens with zero attached hydrogens (tertiary/aromatic N) is 2. The molecule has 0 radical (unpaired) electrons. The van der Waals surface area contributed by atoms with Crippen molar-refractivity contribution in [1.82, 2.24) is 20.4 Å². The Hall–Kier alpha value is -3.52. The first-order valence-corrected chi connectivity index (χ1v) is 16.9. The van der Waals surface area contributed by atoms with Crippen LogP contribution >= 0.6 is 0 Å². The van der Waals surface area contributed by atoms with Crippen molar-refractivity contribution in [2.45, 2.75) is 71.1 Å². The summed E-state index contributed by atoms with van der Waals surface area (Å²) in [6.07, 6.45) is 4.97. The van der Waals surface area contributed by atoms with Gasteiger partial charge in [-0.3, -0.25) is 14.5 Å². The van der Waals surface area contributed by atoms with Gasteiger partial charge >= 0.3 is 0 Å². The van der Waals surface area contributed by atoms with Crippen molar-refractivity contribution in [2.24, 2.45) is 5.92 Å². The second-order valence-electron chi connectivity index (χ2n) is 12.4. The molecule has 3 N–H and O–H groups in total. The Labute approximate surface area is 270 Å². The highest BCUT2D eigenvalue weighted by Gasteiger charge is 2.24. The minimum absolute atomic E-state index is 0.0553. The van der Waals surface area contributed by atoms with Gasteiger partial charge in [0.15, 0.2) is 0 Å². The normalized spacial score (nSPS) is 15.4. The fraction of sp³-hybridized carbons (Fsp3) is 0.474. The molecule has 7 nitrogen and oxygen atoms in total. The Bertz CT molecular complexity index is 1290. The van der Waals surface area contributed by atoms with E-state index in [1.54, 1.807) is 24.3 Å². The molecular weight excluding hydrogens is 560 g/mol. The topological polar surface area (TPSA) is 84.9 Å². The largest absolute Gasteiger partial charge is 0.390 e. The van der Waals surface area contributed by atoms with Crippen LogP contribution in [0.2, 0.25) is 0 Å². The van der Waals surface area contributed by atoms with Gasteiger partial charge < -0.3 is 20.6 Å². The van der Waals surface area contributed by atoms with Crippen molar-refractivity contribution in [3.05, 3.63) is 107 Å². The predicted molar refractivity (Wildman–Crippen MR) is 182 cm³/mol. The summed E-state index contributed by atoms with van der Waals surface area (Å²) in [5.41, 5.74) is 3.35. The van der Waals surface area contributed by atoms with Gasteiger partial charge in [0, 0.05) is 37.3 Å². The van der Waals surface area contributed by atoms with Crippen LogP contribution in [0, 0.1) is 5.92 Å². The summed E-state index contributed by atoms with van der Waals surface area (Å²) < 4.78 is 0. The number of piperidine rings is 1. The van der Waals surface area contributed by atoms with Crippen LogP contribution < -0.4 is 10.6 Å². The number of nitrogens with one attached hydrogen (secondary N) is 2. The third-order valence-electron chi connectivity index (χ3n) is 8.76. The first-order chi connectivity index (χ1) is 22.0. The summed E-state index contributed by atoms with van der Waals surface area (Å²) in [4.78, 5) is 31.0. The molecule has 242 valence electrons. The number of carbonyl (C=O) groups excluding carboxylic acids is 2. The Balaban J connectivity index is 1.29. The smallest absolute Gasteiger partial charge is 0.253 e. The molecule has 0 bridgehead atoms. The van der Waals surface area contributed by atoms with Crippen molar-refractivity contribution in [2.75, 3.05) is 39.3 Å². The molecule has 2 amide bonds. The molecule has 45 heavy (non-hydrogen) atoms. The predicted octanol–water partition coefficient (Wildman–Crippen LogP) is 5.54. The zero-order chi connectivity index (χ0) is 31.9. The van der Waals surface area contributed by atoms with Gasteiger partial charge in [-0.2, -0.15) is 0 Å². The highest BCUT2D eigenvalue weighted by atomic mass is 16.3. The maximum absolute atomic E-state index is 13.5. The molecule has 0 aliphatic carbocycles. The number of aliphatic hydroxyl groups excluding tert-OH is 1. The molecular formula is C38H52N4O3. The monoisotopic (exact) mass is 612 g/mol. The van der Waals surface area contributed by atoms with Gasteiger partial charge in [0.1, 0.15) is 0 Å². The van der Waals surface area contributed by atoms with Crippen molar-refractivity contribution < 1.29 is 14.7 Å². The molecule has 0 aromatic heterocycles. The number of hydrogen-bond donors (Lipinski definition) is 3. The van der Waals surface area contributed by atoms with Gasteiger partial charge in [0.25, 0.3) is 11.8 Å². The van der Waals surface area contributed by atoms with Crippen LogP contribution in [-0.4, -0.2) is 78.1 Å². The minimum Gasteiger partial charge on any atom is -0.390 e. The zero-order valence-corrected chi connectivity index (χ0v) is 27.2. The minimum atomic E-state index is -0.767. The van der Waals surface area contributed by atoms with E-state index in [4.69, 9.17) is 0 Å². The fourth-order valence-corrected chi connectivity index (χ4v) is 6.21. The van der Waals surface area contributed by atoms with Gasteiger partial charge in [0.05, 0.1) is 12.1 Å². The molecule has 0 spiro atoms. The molecule has 0 saturated carbocycles. The van der Waals surface area contributed by atoms with E-state index in [0.29, 0.717) is 43.1 Å². The Morgan fingerprint density at radius 3 is 2.13 bits per heavy atom. The molecule has 0 unspecified atom stereocenters. The molecule has 1 fully saturated rings. The van der Waals surface area contributed by atoms with Gasteiger partial charge in [-0.1, -0.05) is 80.6 Å². The molecule has 3 aromatic carbocycles. The summed E-state index contributed by atoms with van der Waals surface area (Å²) in [6.45, 7) is 9.99. The van der Waals surface area contributed by atoms with E-state index in [9.17, 15) is 14.7 Å². The Morgan fingerprint density at radius 1 is 0.867 bits per heavy atom. The zero-order valence-electron chi connectivity index (χ0n) is 27.2. The van der Waals surface area contributed by atoms with Gasteiger partial charge in [-0.15, -0.1) is 0 Å². The number of hydrogen-bond acceptors (Lipinski definition) is 5. The molecule has 1 heterocycles. The first-order valence-electron chi connectivity index (χ1n) is 16.9. The number of aliphatic hydroxyl groups is 1. The second-order valence-corrected chi connectivity index (χ2v) is 12.4. The highest BCUT2D eigenvalue weighted by molar-refractivity contribution is 5.99. The maximum Gasteiger partial charge on any atom is 0.253 e. The summed E-state index contributed by atoms with van der Waals surface area (Å²) in [5.74, 6) is 0.340. The highest BCUT2D eigenvalue weighted by Crippen LogP contribution is 2.21. The lowest BCUT2D eigenvalue weighted by molar-refractivity contribution is 0.0755. The third kappa shape index (κ3) is 11.1. The molecule has 3 aromatic rings. The Kier molecular flexibility index (Phi) is 14.1. The average molecular weight is 613 g/mol. The van der Waals surface area contributed by atoms with Crippen LogP contribution in [0.1, 0.15) is 77.8 Å². The number of carbonyl (C=O) groups is 2. The number of rotatable bonds is 17.